The molecule has 0 saturated heterocycles. The summed E-state index contributed by atoms with van der Waals surface area (Å²) in [6.07, 6.45) is -0.548. The normalized spacial score (nSPS) is 13.3. The van der Waals surface area contributed by atoms with Gasteiger partial charge in [-0.05, 0) is 48.6 Å². The Morgan fingerprint density at radius 3 is 2.03 bits per heavy atom. The van der Waals surface area contributed by atoms with Gasteiger partial charge in [0.15, 0.2) is 40.7 Å². The second-order valence-electron chi connectivity index (χ2n) is 9.73. The zero-order valence-electron chi connectivity index (χ0n) is 21.6. The van der Waals surface area contributed by atoms with Crippen molar-refractivity contribution in [3.63, 3.8) is 0 Å². The number of hydrogen-bond donors (Lipinski definition) is 4. The van der Waals surface area contributed by atoms with Crippen LogP contribution in [-0.2, 0) is 22.4 Å². The van der Waals surface area contributed by atoms with Crippen LogP contribution in [0.4, 0.5) is 26.3 Å². The third kappa shape index (κ3) is 9.02. The van der Waals surface area contributed by atoms with Gasteiger partial charge in [0, 0.05) is 19.5 Å². The highest BCUT2D eigenvalue weighted by Gasteiger charge is 2.28. The molecule has 0 aliphatic carbocycles. The lowest BCUT2D eigenvalue weighted by molar-refractivity contribution is -0.907. The minimum atomic E-state index is -1.78. The van der Waals surface area contributed by atoms with Gasteiger partial charge < -0.3 is 27.0 Å². The molecule has 0 aromatic heterocycles. The molecule has 2 rings (SSSR count). The van der Waals surface area contributed by atoms with E-state index < -0.39 is 77.1 Å². The monoisotopic (exact) mass is 562 g/mol. The second kappa shape index (κ2) is 14.4. The van der Waals surface area contributed by atoms with Crippen molar-refractivity contribution in [1.82, 2.24) is 5.32 Å². The van der Waals surface area contributed by atoms with Crippen LogP contribution in [0.2, 0.25) is 0 Å². The summed E-state index contributed by atoms with van der Waals surface area (Å²) < 4.78 is 82.6. The van der Waals surface area contributed by atoms with Gasteiger partial charge in [-0.1, -0.05) is 6.07 Å². The van der Waals surface area contributed by atoms with Gasteiger partial charge in [-0.25, -0.2) is 26.3 Å². The van der Waals surface area contributed by atoms with Crippen LogP contribution >= 0.6 is 0 Å². The van der Waals surface area contributed by atoms with Crippen LogP contribution < -0.4 is 22.5 Å². The number of amides is 1. The van der Waals surface area contributed by atoms with E-state index in [2.05, 4.69) is 5.32 Å². The van der Waals surface area contributed by atoms with E-state index in [1.165, 1.54) is 0 Å². The zero-order valence-corrected chi connectivity index (χ0v) is 21.6. The molecule has 2 aromatic carbocycles. The number of carbonyl (C=O) groups is 2. The Morgan fingerprint density at radius 2 is 1.46 bits per heavy atom. The van der Waals surface area contributed by atoms with Crippen LogP contribution in [0.3, 0.4) is 0 Å². The van der Waals surface area contributed by atoms with Crippen LogP contribution in [0.5, 0.6) is 0 Å². The predicted molar refractivity (Wildman–Crippen MR) is 133 cm³/mol. The Morgan fingerprint density at radius 1 is 0.872 bits per heavy atom. The Balaban J connectivity index is 2.19. The molecule has 0 aliphatic rings. The molecule has 2 aromatic rings. The number of nitrogens with zero attached hydrogens (tertiary/aromatic N) is 1. The molecule has 1 amide bonds. The molecule has 39 heavy (non-hydrogen) atoms. The molecule has 216 valence electrons. The number of quaternary nitrogens is 1. The van der Waals surface area contributed by atoms with E-state index in [1.807, 2.05) is 7.05 Å². The molecule has 0 radical (unpaired) electrons. The Hall–Kier alpha value is -3.00. The quantitative estimate of drug-likeness (QED) is 0.150. The molecular weight excluding hydrogens is 528 g/mol. The van der Waals surface area contributed by atoms with Crippen molar-refractivity contribution in [2.45, 2.75) is 37.8 Å². The van der Waals surface area contributed by atoms with E-state index >= 15 is 0 Å². The van der Waals surface area contributed by atoms with Crippen LogP contribution in [0.15, 0.2) is 24.3 Å². The van der Waals surface area contributed by atoms with E-state index in [4.69, 9.17) is 17.2 Å². The van der Waals surface area contributed by atoms with Crippen molar-refractivity contribution >= 4 is 11.7 Å². The van der Waals surface area contributed by atoms with Crippen molar-refractivity contribution in [2.24, 2.45) is 17.2 Å². The predicted octanol–water partition coefficient (Wildman–Crippen LogP) is 1.83. The molecule has 7 nitrogen and oxygen atoms in total. The molecule has 0 heterocycles. The third-order valence-corrected chi connectivity index (χ3v) is 6.56. The summed E-state index contributed by atoms with van der Waals surface area (Å²) >= 11 is 0. The average molecular weight is 563 g/mol. The van der Waals surface area contributed by atoms with Gasteiger partial charge in [0.1, 0.15) is 0 Å². The number of benzene rings is 2. The van der Waals surface area contributed by atoms with Gasteiger partial charge in [-0.2, -0.15) is 0 Å². The number of Topliss-reactive ketones (excluding diaryl/α,β-unsaturated/α-hetero) is 1. The maximum Gasteiger partial charge on any atom is 0.237 e. The van der Waals surface area contributed by atoms with Gasteiger partial charge in [-0.3, -0.25) is 9.59 Å². The minimum Gasteiger partial charge on any atom is -0.345 e. The van der Waals surface area contributed by atoms with Crippen LogP contribution in [0, 0.1) is 34.9 Å². The minimum absolute atomic E-state index is 0.180. The fraction of sp³-hybridized carbons (Fsp3) is 0.462. The smallest absolute Gasteiger partial charge is 0.237 e. The topological polar surface area (TPSA) is 124 Å². The summed E-state index contributed by atoms with van der Waals surface area (Å²) in [6.45, 7) is 2.84. The SMILES string of the molecule is C[N+](CCN)(CCN)CCC[C@H](N)C(=O)N[C@@H](Cc1cc(F)c(F)c(F)c1)C(=O)Cc1ccc(F)c(F)c1F. The van der Waals surface area contributed by atoms with Crippen LogP contribution in [0.1, 0.15) is 24.0 Å². The van der Waals surface area contributed by atoms with E-state index in [0.29, 0.717) is 61.8 Å². The molecule has 0 unspecified atom stereocenters. The maximum absolute atomic E-state index is 14.2. The summed E-state index contributed by atoms with van der Waals surface area (Å²) in [5.74, 6) is -11.2. The summed E-state index contributed by atoms with van der Waals surface area (Å²) in [6, 6.07) is 0.233. The van der Waals surface area contributed by atoms with Gasteiger partial charge in [0.25, 0.3) is 0 Å². The van der Waals surface area contributed by atoms with Gasteiger partial charge in [-0.15, -0.1) is 0 Å². The first-order valence-corrected chi connectivity index (χ1v) is 12.4. The zero-order chi connectivity index (χ0) is 29.3. The lowest BCUT2D eigenvalue weighted by Crippen LogP contribution is -2.52. The van der Waals surface area contributed by atoms with E-state index in [1.54, 1.807) is 0 Å². The Bertz CT molecular complexity index is 1140. The number of rotatable bonds is 15. The van der Waals surface area contributed by atoms with Crippen molar-refractivity contribution in [3.8, 4) is 0 Å². The van der Waals surface area contributed by atoms with Crippen LogP contribution in [-0.4, -0.2) is 68.0 Å². The highest BCUT2D eigenvalue weighted by Crippen LogP contribution is 2.19. The lowest BCUT2D eigenvalue weighted by atomic mass is 9.96. The number of carbonyl (C=O) groups excluding carboxylic acids is 2. The van der Waals surface area contributed by atoms with Gasteiger partial charge in [0.05, 0.1) is 38.8 Å². The fourth-order valence-corrected chi connectivity index (χ4v) is 4.28. The largest absolute Gasteiger partial charge is 0.345 e. The summed E-state index contributed by atoms with van der Waals surface area (Å²) in [7, 11) is 1.97. The van der Waals surface area contributed by atoms with E-state index in [9.17, 15) is 35.9 Å². The Kier molecular flexibility index (Phi) is 11.9. The van der Waals surface area contributed by atoms with Crippen LogP contribution in [0.25, 0.3) is 0 Å². The molecule has 0 aliphatic heterocycles. The second-order valence-corrected chi connectivity index (χ2v) is 9.73. The molecular formula is C26H34F6N5O2+. The summed E-state index contributed by atoms with van der Waals surface area (Å²) in [5, 5.41) is 2.39. The number of ketones is 1. The molecule has 13 heteroatoms. The highest BCUT2D eigenvalue weighted by molar-refractivity contribution is 5.92. The number of likely N-dealkylation sites (N-methyl/N-ethyl adjacent to an activating group) is 1. The van der Waals surface area contributed by atoms with Crippen molar-refractivity contribution in [2.75, 3.05) is 39.8 Å². The standard InChI is InChI=1S/C26H33F6N5O2/c1-37(9-6-33,10-7-34)8-2-3-20(35)26(39)36-21(13-15-11-18(28)24(31)19(29)12-15)22(38)14-16-4-5-17(27)25(32)23(16)30/h4-5,11-12,20-21H,2-3,6-10,13-14,33-35H2,1H3/p+1/t20-,21-/m0/s1. The summed E-state index contributed by atoms with van der Waals surface area (Å²) in [4.78, 5) is 25.9. The van der Waals surface area contributed by atoms with Gasteiger partial charge >= 0.3 is 0 Å². The first-order chi connectivity index (χ1) is 18.3. The molecule has 0 bridgehead atoms. The molecule has 0 spiro atoms. The first-order valence-electron chi connectivity index (χ1n) is 12.4. The molecule has 0 fully saturated rings. The van der Waals surface area contributed by atoms with E-state index in [0.717, 1.165) is 6.07 Å². The number of nitrogens with two attached hydrogens (primary N) is 3. The molecule has 0 saturated carbocycles. The third-order valence-electron chi connectivity index (χ3n) is 6.56. The number of nitrogens with one attached hydrogen (secondary N) is 1. The van der Waals surface area contributed by atoms with E-state index in [-0.39, 0.29) is 12.0 Å². The molecule has 7 N–H and O–H groups in total. The van der Waals surface area contributed by atoms with Gasteiger partial charge in [0.2, 0.25) is 5.91 Å². The van der Waals surface area contributed by atoms with Crippen molar-refractivity contribution in [1.29, 1.82) is 0 Å². The number of hydrogen-bond acceptors (Lipinski definition) is 5. The molecule has 2 atom stereocenters. The van der Waals surface area contributed by atoms with Crippen molar-refractivity contribution in [3.05, 3.63) is 70.3 Å². The lowest BCUT2D eigenvalue weighted by Gasteiger charge is -2.34. The summed E-state index contributed by atoms with van der Waals surface area (Å²) in [5.41, 5.74) is 16.7. The highest BCUT2D eigenvalue weighted by atomic mass is 19.2. The first kappa shape index (κ1) is 32.2. The van der Waals surface area contributed by atoms with Crippen molar-refractivity contribution < 1.29 is 40.4 Å². The fourth-order valence-electron chi connectivity index (χ4n) is 4.28. The Labute approximate surface area is 222 Å². The number of halogens is 6. The maximum atomic E-state index is 14.2. The average Bonchev–Trinajstić information content (AvgIpc) is 2.87.